The second-order valence-corrected chi connectivity index (χ2v) is 25.3. The minimum atomic E-state index is -1.46. The van der Waals surface area contributed by atoms with Crippen LogP contribution in [0.25, 0.3) is 0 Å². The number of thiazole rings is 1. The number of alkyl carbamates (subject to hydrolysis) is 1. The fourth-order valence-electron chi connectivity index (χ4n) is 5.71. The first kappa shape index (κ1) is 53.9. The molecule has 62 heavy (non-hydrogen) atoms. The van der Waals surface area contributed by atoms with Crippen LogP contribution >= 0.6 is 23.1 Å². The van der Waals surface area contributed by atoms with Crippen LogP contribution in [0.2, 0.25) is 25.7 Å². The Labute approximate surface area is 378 Å². The molecule has 0 aliphatic rings. The number of hydrogen-bond acceptors (Lipinski definition) is 12. The summed E-state index contributed by atoms with van der Waals surface area (Å²) in [6, 6.07) is 8.56. The highest BCUT2D eigenvalue weighted by Crippen LogP contribution is 2.24. The Kier molecular flexibility index (Phi) is 24.1. The van der Waals surface area contributed by atoms with Crippen molar-refractivity contribution in [3.8, 4) is 0 Å². The van der Waals surface area contributed by atoms with E-state index in [1.165, 1.54) is 41.0 Å². The molecule has 344 valence electrons. The van der Waals surface area contributed by atoms with E-state index < -0.39 is 67.6 Å². The lowest BCUT2D eigenvalue weighted by Crippen LogP contribution is -2.48. The summed E-state index contributed by atoms with van der Waals surface area (Å²) in [6.45, 7) is 19.3. The molecule has 0 fully saturated rings. The third-order valence-electron chi connectivity index (χ3n) is 9.15. The molecular formula is C46H70N4O9S2Si. The molecule has 0 aliphatic heterocycles. The molecule has 2 rings (SSSR count). The largest absolute Gasteiger partial charge is 0.466 e. The third-order valence-corrected chi connectivity index (χ3v) is 12.8. The number of thioether (sulfide) groups is 1. The van der Waals surface area contributed by atoms with Crippen LogP contribution in [0, 0.1) is 5.92 Å². The minimum Gasteiger partial charge on any atom is -0.466 e. The summed E-state index contributed by atoms with van der Waals surface area (Å²) in [5.41, 5.74) is 0.119. The van der Waals surface area contributed by atoms with Crippen LogP contribution in [-0.4, -0.2) is 78.1 Å². The molecule has 3 amide bonds. The average Bonchev–Trinajstić information content (AvgIpc) is 3.68. The number of rotatable bonds is 26. The highest BCUT2D eigenvalue weighted by Gasteiger charge is 2.31. The summed E-state index contributed by atoms with van der Waals surface area (Å²) >= 11 is 2.45. The van der Waals surface area contributed by atoms with E-state index >= 15 is 0 Å². The molecule has 0 bridgehead atoms. The molecule has 0 saturated carbocycles. The van der Waals surface area contributed by atoms with E-state index in [2.05, 4.69) is 47.5 Å². The van der Waals surface area contributed by atoms with Crippen molar-refractivity contribution in [3.63, 3.8) is 0 Å². The Morgan fingerprint density at radius 1 is 0.968 bits per heavy atom. The zero-order chi connectivity index (χ0) is 46.3. The Morgan fingerprint density at radius 2 is 1.66 bits per heavy atom. The van der Waals surface area contributed by atoms with Crippen molar-refractivity contribution in [1.29, 1.82) is 0 Å². The standard InChI is InChI=1S/C46H70N4O9S2Si/c1-11-13-14-15-19-25-39(52)60-27-21-20-24-34(30-38(51)57-26-28-62(8,9)10)58-44(55)40(32(3)4)50-41(53)35(12-2)47-42(54)37-31-61-43(48-37)36(29-33-22-17-16-18-23-33)49-45(56)59-46(5,6)7/h12,16-18,20,22-24,31-32,34,36,40H,11,13-15,19,21,25-30H2,1-10H3,(H,47,54)(H,49,56)(H,50,53)/t34-,36-,40+/m1/s1. The molecule has 13 nitrogen and oxygen atoms in total. The van der Waals surface area contributed by atoms with Crippen LogP contribution < -0.4 is 16.0 Å². The van der Waals surface area contributed by atoms with Crippen LogP contribution in [0.15, 0.2) is 59.6 Å². The maximum atomic E-state index is 13.7. The summed E-state index contributed by atoms with van der Waals surface area (Å²) in [4.78, 5) is 83.3. The van der Waals surface area contributed by atoms with Crippen LogP contribution in [0.3, 0.4) is 0 Å². The lowest BCUT2D eigenvalue weighted by molar-refractivity contribution is -0.156. The molecule has 0 spiro atoms. The molecule has 2 aromatic rings. The number of ether oxygens (including phenoxy) is 3. The van der Waals surface area contributed by atoms with Crippen molar-refractivity contribution < 1.29 is 43.0 Å². The third kappa shape index (κ3) is 22.7. The number of aromatic nitrogens is 1. The Bertz CT molecular complexity index is 1800. The molecule has 1 heterocycles. The first-order chi connectivity index (χ1) is 29.2. The molecule has 0 saturated heterocycles. The van der Waals surface area contributed by atoms with Crippen molar-refractivity contribution in [3.05, 3.63) is 75.9 Å². The number of amides is 3. The van der Waals surface area contributed by atoms with Gasteiger partial charge in [-0.2, -0.15) is 0 Å². The number of hydrogen-bond donors (Lipinski definition) is 3. The Morgan fingerprint density at radius 3 is 2.29 bits per heavy atom. The first-order valence-corrected chi connectivity index (χ1v) is 27.2. The van der Waals surface area contributed by atoms with E-state index in [1.807, 2.05) is 30.3 Å². The van der Waals surface area contributed by atoms with Crippen LogP contribution in [0.5, 0.6) is 0 Å². The van der Waals surface area contributed by atoms with E-state index in [-0.39, 0.29) is 29.5 Å². The van der Waals surface area contributed by atoms with Gasteiger partial charge in [-0.3, -0.25) is 19.2 Å². The molecule has 0 unspecified atom stereocenters. The second kappa shape index (κ2) is 27.7. The molecule has 0 aliphatic carbocycles. The fraction of sp³-hybridized carbons (Fsp3) is 0.587. The summed E-state index contributed by atoms with van der Waals surface area (Å²) in [5, 5.41) is 10.3. The predicted molar refractivity (Wildman–Crippen MR) is 251 cm³/mol. The summed E-state index contributed by atoms with van der Waals surface area (Å²) in [6.07, 6.45) is 9.83. The second-order valence-electron chi connectivity index (χ2n) is 17.6. The summed E-state index contributed by atoms with van der Waals surface area (Å²) < 4.78 is 16.8. The van der Waals surface area contributed by atoms with Gasteiger partial charge in [0.05, 0.1) is 19.1 Å². The predicted octanol–water partition coefficient (Wildman–Crippen LogP) is 9.48. The van der Waals surface area contributed by atoms with E-state index in [0.717, 1.165) is 37.3 Å². The van der Waals surface area contributed by atoms with Crippen molar-refractivity contribution in [2.45, 2.75) is 156 Å². The van der Waals surface area contributed by atoms with Gasteiger partial charge in [0.25, 0.3) is 11.8 Å². The monoisotopic (exact) mass is 914 g/mol. The number of allylic oxidation sites excluding steroid dienone is 2. The Hall–Kier alpha value is -4.28. The molecule has 16 heteroatoms. The molecule has 0 radical (unpaired) electrons. The van der Waals surface area contributed by atoms with Gasteiger partial charge in [0.2, 0.25) is 0 Å². The van der Waals surface area contributed by atoms with Crippen molar-refractivity contribution >= 4 is 66.1 Å². The van der Waals surface area contributed by atoms with Crippen molar-refractivity contribution in [2.24, 2.45) is 5.92 Å². The lowest BCUT2D eigenvalue weighted by atomic mass is 10.0. The summed E-state index contributed by atoms with van der Waals surface area (Å²) in [5.74, 6) is -2.56. The van der Waals surface area contributed by atoms with Crippen molar-refractivity contribution in [1.82, 2.24) is 20.9 Å². The Balaban J connectivity index is 2.14. The van der Waals surface area contributed by atoms with Gasteiger partial charge in [0.15, 0.2) is 5.12 Å². The van der Waals surface area contributed by atoms with Crippen LogP contribution in [-0.2, 0) is 39.8 Å². The fourth-order valence-corrected chi connectivity index (χ4v) is 8.05. The van der Waals surface area contributed by atoms with Gasteiger partial charge in [-0.05, 0) is 70.6 Å². The van der Waals surface area contributed by atoms with Gasteiger partial charge in [-0.15, -0.1) is 11.3 Å². The topological polar surface area (TPSA) is 179 Å². The van der Waals surface area contributed by atoms with Gasteiger partial charge in [-0.25, -0.2) is 14.6 Å². The molecule has 3 N–H and O–H groups in total. The van der Waals surface area contributed by atoms with Crippen LogP contribution in [0.4, 0.5) is 4.79 Å². The lowest BCUT2D eigenvalue weighted by Gasteiger charge is -2.24. The van der Waals surface area contributed by atoms with E-state index in [0.29, 0.717) is 30.0 Å². The molecule has 1 aromatic carbocycles. The van der Waals surface area contributed by atoms with E-state index in [4.69, 9.17) is 14.2 Å². The summed E-state index contributed by atoms with van der Waals surface area (Å²) in [7, 11) is -1.46. The number of esters is 2. The van der Waals surface area contributed by atoms with Gasteiger partial charge in [0.1, 0.15) is 34.1 Å². The molecule has 1 aromatic heterocycles. The smallest absolute Gasteiger partial charge is 0.408 e. The maximum Gasteiger partial charge on any atom is 0.408 e. The van der Waals surface area contributed by atoms with Gasteiger partial charge >= 0.3 is 18.0 Å². The SMILES string of the molecule is CC=C(NC(=O)c1csc([C@@H](Cc2ccccc2)NC(=O)OC(C)(C)C)n1)C(=O)N[C@H](C(=O)O[C@H](C=CCCSC(=O)CCCCCCC)CC(=O)OCC[Si](C)(C)C)C(C)C. The van der Waals surface area contributed by atoms with E-state index in [9.17, 15) is 28.8 Å². The zero-order valence-electron chi connectivity index (χ0n) is 38.4. The number of carbonyl (C=O) groups excluding carboxylic acids is 6. The number of benzene rings is 1. The van der Waals surface area contributed by atoms with Crippen LogP contribution in [0.1, 0.15) is 127 Å². The minimum absolute atomic E-state index is 0.0255. The first-order valence-electron chi connectivity index (χ1n) is 21.7. The number of unbranched alkanes of at least 4 members (excludes halogenated alkanes) is 4. The number of carbonyl (C=O) groups is 6. The zero-order valence-corrected chi connectivity index (χ0v) is 41.1. The molecule has 3 atom stereocenters. The highest BCUT2D eigenvalue weighted by atomic mass is 32.2. The van der Waals surface area contributed by atoms with Gasteiger partial charge in [-0.1, -0.05) is 120 Å². The van der Waals surface area contributed by atoms with Gasteiger partial charge < -0.3 is 30.2 Å². The normalized spacial score (nSPS) is 13.6. The molecular weight excluding hydrogens is 845 g/mol. The number of nitrogens with one attached hydrogen (secondary N) is 3. The number of nitrogens with zero attached hydrogens (tertiary/aromatic N) is 1. The quantitative estimate of drug-likeness (QED) is 0.0204. The maximum absolute atomic E-state index is 13.7. The van der Waals surface area contributed by atoms with Gasteiger partial charge in [0, 0.05) is 25.6 Å². The van der Waals surface area contributed by atoms with Crippen molar-refractivity contribution in [2.75, 3.05) is 12.4 Å². The average molecular weight is 915 g/mol. The van der Waals surface area contributed by atoms with E-state index in [1.54, 1.807) is 53.7 Å². The highest BCUT2D eigenvalue weighted by molar-refractivity contribution is 8.13.